The number of para-hydroxylation sites is 1. The molecule has 27 heavy (non-hydrogen) atoms. The van der Waals surface area contributed by atoms with Crippen LogP contribution in [0, 0.1) is 5.82 Å². The van der Waals surface area contributed by atoms with Gasteiger partial charge in [0.15, 0.2) is 5.76 Å². The number of hydrazone groups is 1. The van der Waals surface area contributed by atoms with E-state index in [1.54, 1.807) is 30.5 Å². The molecule has 0 atom stereocenters. The Morgan fingerprint density at radius 1 is 1.11 bits per heavy atom. The first-order chi connectivity index (χ1) is 13.2. The third kappa shape index (κ3) is 3.64. The molecule has 2 aromatic heterocycles. The quantitative estimate of drug-likeness (QED) is 0.428. The highest BCUT2D eigenvalue weighted by Gasteiger charge is 2.09. The highest BCUT2D eigenvalue weighted by Crippen LogP contribution is 2.21. The zero-order valence-electron chi connectivity index (χ0n) is 14.3. The fourth-order valence-electron chi connectivity index (χ4n) is 2.92. The zero-order chi connectivity index (χ0) is 18.6. The monoisotopic (exact) mass is 361 g/mol. The van der Waals surface area contributed by atoms with E-state index in [1.807, 2.05) is 30.5 Å². The van der Waals surface area contributed by atoms with E-state index in [0.29, 0.717) is 6.54 Å². The summed E-state index contributed by atoms with van der Waals surface area (Å²) in [6, 6.07) is 17.6. The molecule has 4 aromatic rings. The summed E-state index contributed by atoms with van der Waals surface area (Å²) < 4.78 is 20.2. The van der Waals surface area contributed by atoms with Gasteiger partial charge in [-0.1, -0.05) is 30.3 Å². The second-order valence-electron chi connectivity index (χ2n) is 6.03. The van der Waals surface area contributed by atoms with Crippen LogP contribution in [-0.2, 0) is 6.54 Å². The first kappa shape index (κ1) is 16.8. The number of carbonyl (C=O) groups is 1. The maximum Gasteiger partial charge on any atom is 0.307 e. The molecule has 0 saturated carbocycles. The predicted molar refractivity (Wildman–Crippen MR) is 101 cm³/mol. The van der Waals surface area contributed by atoms with E-state index in [9.17, 15) is 9.18 Å². The van der Waals surface area contributed by atoms with Crippen molar-refractivity contribution in [2.45, 2.75) is 6.54 Å². The van der Waals surface area contributed by atoms with Crippen molar-refractivity contribution in [1.82, 2.24) is 9.99 Å². The van der Waals surface area contributed by atoms with Gasteiger partial charge < -0.3 is 8.98 Å². The van der Waals surface area contributed by atoms with Crippen LogP contribution < -0.4 is 5.43 Å². The number of nitrogens with one attached hydrogen (secondary N) is 1. The molecule has 0 spiro atoms. The molecule has 0 aliphatic carbocycles. The summed E-state index contributed by atoms with van der Waals surface area (Å²) >= 11 is 0. The zero-order valence-corrected chi connectivity index (χ0v) is 14.3. The lowest BCUT2D eigenvalue weighted by molar-refractivity contribution is 0.0927. The van der Waals surface area contributed by atoms with Gasteiger partial charge in [-0.2, -0.15) is 5.10 Å². The first-order valence-corrected chi connectivity index (χ1v) is 8.40. The van der Waals surface area contributed by atoms with Crippen LogP contribution in [0.3, 0.4) is 0 Å². The predicted octanol–water partition coefficient (Wildman–Crippen LogP) is 4.19. The number of halogens is 1. The fraction of sp³-hybridized carbons (Fsp3) is 0.0476. The number of amides is 1. The average Bonchev–Trinajstić information content (AvgIpc) is 3.33. The largest absolute Gasteiger partial charge is 0.459 e. The van der Waals surface area contributed by atoms with Crippen molar-refractivity contribution in [3.8, 4) is 0 Å². The van der Waals surface area contributed by atoms with Crippen LogP contribution in [0.4, 0.5) is 4.39 Å². The Morgan fingerprint density at radius 2 is 1.93 bits per heavy atom. The number of furan rings is 1. The molecule has 4 rings (SSSR count). The van der Waals surface area contributed by atoms with E-state index >= 15 is 0 Å². The van der Waals surface area contributed by atoms with Gasteiger partial charge in [0.05, 0.1) is 12.5 Å². The minimum Gasteiger partial charge on any atom is -0.459 e. The Morgan fingerprint density at radius 3 is 2.70 bits per heavy atom. The maximum absolute atomic E-state index is 13.1. The second-order valence-corrected chi connectivity index (χ2v) is 6.03. The maximum atomic E-state index is 13.1. The molecule has 5 nitrogen and oxygen atoms in total. The Labute approximate surface area is 154 Å². The summed E-state index contributed by atoms with van der Waals surface area (Å²) in [5, 5.41) is 5.04. The molecule has 6 heteroatoms. The van der Waals surface area contributed by atoms with Gasteiger partial charge in [-0.05, 0) is 35.9 Å². The molecule has 0 unspecified atom stereocenters. The van der Waals surface area contributed by atoms with E-state index in [2.05, 4.69) is 15.1 Å². The lowest BCUT2D eigenvalue weighted by Gasteiger charge is -2.05. The van der Waals surface area contributed by atoms with Gasteiger partial charge in [-0.15, -0.1) is 0 Å². The Hall–Kier alpha value is -3.67. The summed E-state index contributed by atoms with van der Waals surface area (Å²) in [5.74, 6) is -0.464. The minimum absolute atomic E-state index is 0.200. The number of nitrogens with zero attached hydrogens (tertiary/aromatic N) is 2. The van der Waals surface area contributed by atoms with Crippen molar-refractivity contribution in [2.75, 3.05) is 0 Å². The Kier molecular flexibility index (Phi) is 4.53. The second kappa shape index (κ2) is 7.29. The molecule has 2 heterocycles. The van der Waals surface area contributed by atoms with Crippen molar-refractivity contribution >= 4 is 23.0 Å². The topological polar surface area (TPSA) is 59.5 Å². The fourth-order valence-corrected chi connectivity index (χ4v) is 2.92. The standard InChI is InChI=1S/C21H16FN3O2/c22-17-9-7-15(8-10-17)13-25-14-16(18-4-1-2-5-19(18)25)12-23-24-21(26)20-6-3-11-27-20/h1-12,14H,13H2,(H,24,26)/b23-12-. The smallest absolute Gasteiger partial charge is 0.307 e. The number of benzene rings is 2. The van der Waals surface area contributed by atoms with E-state index in [4.69, 9.17) is 4.42 Å². The average molecular weight is 361 g/mol. The highest BCUT2D eigenvalue weighted by atomic mass is 19.1. The Bertz CT molecular complexity index is 1100. The molecule has 0 aliphatic rings. The van der Waals surface area contributed by atoms with Crippen LogP contribution in [0.5, 0.6) is 0 Å². The number of hydrogen-bond acceptors (Lipinski definition) is 3. The van der Waals surface area contributed by atoms with Gasteiger partial charge in [0, 0.05) is 29.2 Å². The van der Waals surface area contributed by atoms with Gasteiger partial charge in [-0.25, -0.2) is 9.82 Å². The van der Waals surface area contributed by atoms with Crippen LogP contribution in [0.2, 0.25) is 0 Å². The highest BCUT2D eigenvalue weighted by molar-refractivity contribution is 6.00. The summed E-state index contributed by atoms with van der Waals surface area (Å²) in [4.78, 5) is 11.9. The summed E-state index contributed by atoms with van der Waals surface area (Å²) in [6.45, 7) is 0.605. The van der Waals surface area contributed by atoms with Crippen LogP contribution >= 0.6 is 0 Å². The van der Waals surface area contributed by atoms with E-state index in [0.717, 1.165) is 22.0 Å². The van der Waals surface area contributed by atoms with Crippen molar-refractivity contribution in [1.29, 1.82) is 0 Å². The number of rotatable bonds is 5. The molecular weight excluding hydrogens is 345 g/mol. The third-order valence-electron chi connectivity index (χ3n) is 4.20. The third-order valence-corrected chi connectivity index (χ3v) is 4.20. The summed E-state index contributed by atoms with van der Waals surface area (Å²) in [7, 11) is 0. The van der Waals surface area contributed by atoms with Crippen LogP contribution in [-0.4, -0.2) is 16.7 Å². The number of fused-ring (bicyclic) bond motifs is 1. The molecule has 0 fully saturated rings. The van der Waals surface area contributed by atoms with Crippen molar-refractivity contribution in [3.63, 3.8) is 0 Å². The molecule has 0 bridgehead atoms. The van der Waals surface area contributed by atoms with Crippen molar-refractivity contribution < 1.29 is 13.6 Å². The van der Waals surface area contributed by atoms with Crippen LogP contribution in [0.1, 0.15) is 21.7 Å². The van der Waals surface area contributed by atoms with Crippen molar-refractivity contribution in [3.05, 3.63) is 95.8 Å². The SMILES string of the molecule is O=C(N/N=C\c1cn(Cc2ccc(F)cc2)c2ccccc12)c1ccco1. The summed E-state index contributed by atoms with van der Waals surface area (Å²) in [6.07, 6.45) is 4.99. The van der Waals surface area contributed by atoms with E-state index in [1.165, 1.54) is 18.4 Å². The molecule has 1 amide bonds. The molecule has 1 N–H and O–H groups in total. The first-order valence-electron chi connectivity index (χ1n) is 8.40. The van der Waals surface area contributed by atoms with E-state index in [-0.39, 0.29) is 11.6 Å². The number of aromatic nitrogens is 1. The molecule has 0 aliphatic heterocycles. The minimum atomic E-state index is -0.411. The van der Waals surface area contributed by atoms with Crippen molar-refractivity contribution in [2.24, 2.45) is 5.10 Å². The van der Waals surface area contributed by atoms with Gasteiger partial charge in [0.25, 0.3) is 0 Å². The van der Waals surface area contributed by atoms with Crippen LogP contribution in [0.25, 0.3) is 10.9 Å². The molecule has 0 radical (unpaired) electrons. The lowest BCUT2D eigenvalue weighted by Crippen LogP contribution is -2.16. The normalized spacial score (nSPS) is 11.3. The Balaban J connectivity index is 1.58. The molecule has 0 saturated heterocycles. The van der Waals surface area contributed by atoms with Gasteiger partial charge in [0.2, 0.25) is 0 Å². The van der Waals surface area contributed by atoms with E-state index < -0.39 is 5.91 Å². The summed E-state index contributed by atoms with van der Waals surface area (Å²) in [5.41, 5.74) is 5.34. The molecular formula is C21H16FN3O2. The van der Waals surface area contributed by atoms with Gasteiger partial charge >= 0.3 is 5.91 Å². The van der Waals surface area contributed by atoms with Crippen LogP contribution in [0.15, 0.2) is 82.6 Å². The molecule has 2 aromatic carbocycles. The lowest BCUT2D eigenvalue weighted by atomic mass is 10.2. The van der Waals surface area contributed by atoms with Gasteiger partial charge in [0.1, 0.15) is 5.82 Å². The van der Waals surface area contributed by atoms with Gasteiger partial charge in [-0.3, -0.25) is 4.79 Å². The number of carbonyl (C=O) groups excluding carboxylic acids is 1. The number of hydrogen-bond donors (Lipinski definition) is 1. The molecule has 134 valence electrons.